The van der Waals surface area contributed by atoms with E-state index in [1.165, 1.54) is 18.2 Å². The summed E-state index contributed by atoms with van der Waals surface area (Å²) in [4.78, 5) is 11.3. The van der Waals surface area contributed by atoms with Crippen LogP contribution in [0.3, 0.4) is 0 Å². The second kappa shape index (κ2) is 7.95. The Balaban J connectivity index is 1.46. The van der Waals surface area contributed by atoms with Crippen molar-refractivity contribution in [3.8, 4) is 17.0 Å². The molecule has 0 fully saturated rings. The molecule has 3 aromatic rings. The van der Waals surface area contributed by atoms with E-state index in [-0.39, 0.29) is 17.0 Å². The minimum absolute atomic E-state index is 0.177. The van der Waals surface area contributed by atoms with Gasteiger partial charge in [-0.1, -0.05) is 5.21 Å². The third-order valence-corrected chi connectivity index (χ3v) is 4.38. The highest BCUT2D eigenvalue weighted by atomic mass is 19.1. The number of pyridine rings is 1. The summed E-state index contributed by atoms with van der Waals surface area (Å²) in [6, 6.07) is 7.57. The highest BCUT2D eigenvalue weighted by molar-refractivity contribution is 5.57. The molecular formula is C19H21FN4O2. The van der Waals surface area contributed by atoms with Crippen LogP contribution in [0.5, 0.6) is 5.75 Å². The molecule has 3 rings (SSSR count). The minimum Gasteiger partial charge on any atom is -0.503 e. The largest absolute Gasteiger partial charge is 0.503 e. The van der Waals surface area contributed by atoms with Gasteiger partial charge in [0.1, 0.15) is 11.5 Å². The van der Waals surface area contributed by atoms with E-state index in [1.807, 2.05) is 10.8 Å². The van der Waals surface area contributed by atoms with E-state index >= 15 is 0 Å². The molecule has 2 heterocycles. The lowest BCUT2D eigenvalue weighted by Gasteiger charge is -2.11. The van der Waals surface area contributed by atoms with Crippen LogP contribution < -0.4 is 5.43 Å². The quantitative estimate of drug-likeness (QED) is 0.660. The van der Waals surface area contributed by atoms with Gasteiger partial charge in [-0.3, -0.25) is 9.48 Å². The third kappa shape index (κ3) is 4.17. The second-order valence-electron chi connectivity index (χ2n) is 6.24. The Labute approximate surface area is 150 Å². The summed E-state index contributed by atoms with van der Waals surface area (Å²) in [5, 5.41) is 17.9. The lowest BCUT2D eigenvalue weighted by atomic mass is 10.2. The van der Waals surface area contributed by atoms with Gasteiger partial charge in [0.05, 0.1) is 11.9 Å². The maximum absolute atomic E-state index is 13.0. The van der Waals surface area contributed by atoms with Gasteiger partial charge in [-0.05, 0) is 50.5 Å². The number of halogens is 1. The molecule has 0 saturated heterocycles. The van der Waals surface area contributed by atoms with Crippen molar-refractivity contribution in [1.82, 2.24) is 19.6 Å². The van der Waals surface area contributed by atoms with Gasteiger partial charge in [0.2, 0.25) is 5.43 Å². The summed E-state index contributed by atoms with van der Waals surface area (Å²) in [5.41, 5.74) is 1.81. The van der Waals surface area contributed by atoms with Crippen molar-refractivity contribution in [3.05, 3.63) is 64.5 Å². The number of hydrogen-bond donors (Lipinski definition) is 1. The minimum atomic E-state index is -0.345. The van der Waals surface area contributed by atoms with Crippen molar-refractivity contribution >= 4 is 0 Å². The van der Waals surface area contributed by atoms with E-state index in [2.05, 4.69) is 10.3 Å². The molecule has 0 aliphatic rings. The lowest BCUT2D eigenvalue weighted by Crippen LogP contribution is -2.10. The zero-order valence-corrected chi connectivity index (χ0v) is 14.6. The predicted octanol–water partition coefficient (Wildman–Crippen LogP) is 3.13. The van der Waals surface area contributed by atoms with Gasteiger partial charge in [-0.15, -0.1) is 5.10 Å². The molecule has 0 bridgehead atoms. The summed E-state index contributed by atoms with van der Waals surface area (Å²) in [7, 11) is 0. The molecule has 26 heavy (non-hydrogen) atoms. The van der Waals surface area contributed by atoms with Gasteiger partial charge in [-0.25, -0.2) is 4.39 Å². The van der Waals surface area contributed by atoms with Crippen LogP contribution in [-0.4, -0.2) is 24.7 Å². The van der Waals surface area contributed by atoms with Gasteiger partial charge in [0, 0.05) is 30.9 Å². The fraction of sp³-hybridized carbons (Fsp3) is 0.316. The first-order valence-corrected chi connectivity index (χ1v) is 8.59. The molecular weight excluding hydrogens is 335 g/mol. The van der Waals surface area contributed by atoms with E-state index in [1.54, 1.807) is 29.9 Å². The van der Waals surface area contributed by atoms with Gasteiger partial charge in [0.25, 0.3) is 0 Å². The molecule has 0 radical (unpaired) electrons. The van der Waals surface area contributed by atoms with Gasteiger partial charge >= 0.3 is 0 Å². The number of benzene rings is 1. The van der Waals surface area contributed by atoms with E-state index in [0.717, 1.165) is 43.6 Å². The molecule has 0 aliphatic heterocycles. The molecule has 136 valence electrons. The van der Waals surface area contributed by atoms with Gasteiger partial charge in [-0.2, -0.15) is 0 Å². The second-order valence-corrected chi connectivity index (χ2v) is 6.24. The monoisotopic (exact) mass is 356 g/mol. The number of aromatic hydroxyl groups is 1. The van der Waals surface area contributed by atoms with E-state index in [4.69, 9.17) is 0 Å². The number of nitrogens with zero attached hydrogens (tertiary/aromatic N) is 4. The van der Waals surface area contributed by atoms with Crippen molar-refractivity contribution in [2.24, 2.45) is 0 Å². The topological polar surface area (TPSA) is 72.9 Å². The highest BCUT2D eigenvalue weighted by Crippen LogP contribution is 2.16. The van der Waals surface area contributed by atoms with Crippen LogP contribution in [0.15, 0.2) is 47.5 Å². The fourth-order valence-electron chi connectivity index (χ4n) is 2.80. The highest BCUT2D eigenvalue weighted by Gasteiger charge is 2.06. The van der Waals surface area contributed by atoms with E-state index in [0.29, 0.717) is 5.69 Å². The zero-order chi connectivity index (χ0) is 18.5. The molecule has 0 saturated carbocycles. The average molecular weight is 356 g/mol. The summed E-state index contributed by atoms with van der Waals surface area (Å²) < 4.78 is 16.6. The first kappa shape index (κ1) is 17.8. The molecule has 1 N–H and O–H groups in total. The van der Waals surface area contributed by atoms with Crippen LogP contribution in [0.25, 0.3) is 11.3 Å². The molecule has 0 aliphatic carbocycles. The van der Waals surface area contributed by atoms with Crippen molar-refractivity contribution in [2.45, 2.75) is 39.3 Å². The Bertz CT molecular complexity index is 931. The molecule has 0 amide bonds. The van der Waals surface area contributed by atoms with Crippen LogP contribution in [0, 0.1) is 12.7 Å². The lowest BCUT2D eigenvalue weighted by molar-refractivity contribution is 0.448. The first-order valence-electron chi connectivity index (χ1n) is 8.59. The van der Waals surface area contributed by atoms with E-state index < -0.39 is 0 Å². The molecule has 0 atom stereocenters. The number of aromatic nitrogens is 4. The summed E-state index contributed by atoms with van der Waals surface area (Å²) >= 11 is 0. The Hall–Kier alpha value is -2.96. The van der Waals surface area contributed by atoms with Crippen molar-refractivity contribution in [2.75, 3.05) is 0 Å². The summed E-state index contributed by atoms with van der Waals surface area (Å²) in [6.07, 6.45) is 6.43. The summed E-state index contributed by atoms with van der Waals surface area (Å²) in [6.45, 7) is 3.24. The number of unbranched alkanes of at least 4 members (excludes halogenated alkanes) is 2. The van der Waals surface area contributed by atoms with Crippen molar-refractivity contribution in [1.29, 1.82) is 0 Å². The van der Waals surface area contributed by atoms with Gasteiger partial charge in [0.15, 0.2) is 5.75 Å². The smallest absolute Gasteiger partial charge is 0.223 e. The number of hydrogen-bond acceptors (Lipinski definition) is 4. The predicted molar refractivity (Wildman–Crippen MR) is 96.4 cm³/mol. The normalized spacial score (nSPS) is 11.0. The van der Waals surface area contributed by atoms with Crippen LogP contribution in [-0.2, 0) is 13.1 Å². The fourth-order valence-corrected chi connectivity index (χ4v) is 2.80. The molecule has 0 spiro atoms. The van der Waals surface area contributed by atoms with Crippen molar-refractivity contribution < 1.29 is 9.50 Å². The maximum Gasteiger partial charge on any atom is 0.223 e. The average Bonchev–Trinajstić information content (AvgIpc) is 3.11. The molecule has 1 aromatic carbocycles. The van der Waals surface area contributed by atoms with Gasteiger partial charge < -0.3 is 9.67 Å². The standard InChI is InChI=1S/C19H21FN4O2/c1-14-19(26)18(25)9-12-23(14)10-3-2-4-11-24-13-17(21-22-24)15-5-7-16(20)8-6-15/h5-9,12-13,26H,2-4,10-11H2,1H3. The Morgan fingerprint density at radius 3 is 2.58 bits per heavy atom. The first-order chi connectivity index (χ1) is 12.5. The molecule has 0 unspecified atom stereocenters. The maximum atomic E-state index is 13.0. The van der Waals surface area contributed by atoms with E-state index in [9.17, 15) is 14.3 Å². The molecule has 7 heteroatoms. The Morgan fingerprint density at radius 2 is 1.81 bits per heavy atom. The SMILES string of the molecule is Cc1c(O)c(=O)ccn1CCCCCn1cc(-c2ccc(F)cc2)nn1. The van der Waals surface area contributed by atoms with Crippen LogP contribution in [0.4, 0.5) is 4.39 Å². The van der Waals surface area contributed by atoms with Crippen LogP contribution in [0.2, 0.25) is 0 Å². The van der Waals surface area contributed by atoms with Crippen molar-refractivity contribution in [3.63, 3.8) is 0 Å². The number of aryl methyl sites for hydroxylation is 2. The number of rotatable bonds is 7. The molecule has 2 aromatic heterocycles. The summed E-state index contributed by atoms with van der Waals surface area (Å²) in [5.74, 6) is -0.448. The Kier molecular flexibility index (Phi) is 5.46. The Morgan fingerprint density at radius 1 is 1.08 bits per heavy atom. The third-order valence-electron chi connectivity index (χ3n) is 4.38. The van der Waals surface area contributed by atoms with Crippen LogP contribution >= 0.6 is 0 Å². The zero-order valence-electron chi connectivity index (χ0n) is 14.6. The van der Waals surface area contributed by atoms with Crippen LogP contribution in [0.1, 0.15) is 25.0 Å². The molecule has 6 nitrogen and oxygen atoms in total.